The Labute approximate surface area is 85.4 Å². The molecule has 0 amide bonds. The molecule has 0 aromatic carbocycles. The van der Waals surface area contributed by atoms with Crippen LogP contribution in [0.4, 0.5) is 0 Å². The van der Waals surface area contributed by atoms with Gasteiger partial charge in [0.2, 0.25) is 0 Å². The first-order valence-corrected chi connectivity index (χ1v) is 5.31. The van der Waals surface area contributed by atoms with Crippen LogP contribution in [0.5, 0.6) is 0 Å². The van der Waals surface area contributed by atoms with Gasteiger partial charge in [-0.2, -0.15) is 0 Å². The Morgan fingerprint density at radius 2 is 2.07 bits per heavy atom. The summed E-state index contributed by atoms with van der Waals surface area (Å²) in [6, 6.07) is 0. The van der Waals surface area contributed by atoms with Gasteiger partial charge >= 0.3 is 0 Å². The van der Waals surface area contributed by atoms with E-state index in [0.717, 1.165) is 12.8 Å². The lowest BCUT2D eigenvalue weighted by Gasteiger charge is -2.36. The van der Waals surface area contributed by atoms with Crippen molar-refractivity contribution in [3.05, 3.63) is 0 Å². The number of methoxy groups -OCH3 is 1. The van der Waals surface area contributed by atoms with E-state index in [2.05, 4.69) is 6.92 Å². The van der Waals surface area contributed by atoms with Crippen LogP contribution < -0.4 is 0 Å². The van der Waals surface area contributed by atoms with E-state index >= 15 is 0 Å². The molecule has 1 saturated carbocycles. The second-order valence-corrected chi connectivity index (χ2v) is 5.34. The molecule has 1 heterocycles. The van der Waals surface area contributed by atoms with E-state index in [9.17, 15) is 5.11 Å². The highest BCUT2D eigenvalue weighted by Crippen LogP contribution is 2.52. The van der Waals surface area contributed by atoms with E-state index in [4.69, 9.17) is 9.47 Å². The molecule has 14 heavy (non-hydrogen) atoms. The van der Waals surface area contributed by atoms with Crippen LogP contribution in [0.2, 0.25) is 0 Å². The first-order chi connectivity index (χ1) is 6.38. The number of ether oxygens (including phenoxy) is 2. The van der Waals surface area contributed by atoms with Crippen LogP contribution in [-0.2, 0) is 9.47 Å². The third-order valence-electron chi connectivity index (χ3n) is 3.90. The molecule has 1 saturated heterocycles. The fraction of sp³-hybridized carbons (Fsp3) is 1.00. The van der Waals surface area contributed by atoms with E-state index in [1.807, 2.05) is 13.8 Å². The Kier molecular flexibility index (Phi) is 2.18. The predicted octanol–water partition coefficient (Wildman–Crippen LogP) is 1.34. The number of rotatable bonds is 2. The molecular formula is C11H20O3. The third kappa shape index (κ3) is 1.47. The van der Waals surface area contributed by atoms with Crippen molar-refractivity contribution in [1.29, 1.82) is 0 Å². The van der Waals surface area contributed by atoms with Gasteiger partial charge in [-0.05, 0) is 39.5 Å². The monoisotopic (exact) mass is 200 g/mol. The summed E-state index contributed by atoms with van der Waals surface area (Å²) in [5.74, 6) is 0.285. The van der Waals surface area contributed by atoms with Crippen molar-refractivity contribution < 1.29 is 14.6 Å². The Hall–Kier alpha value is -0.120. The first-order valence-electron chi connectivity index (χ1n) is 5.31. The molecule has 0 spiro atoms. The maximum Gasteiger partial charge on any atom is 0.118 e. The van der Waals surface area contributed by atoms with Crippen LogP contribution in [0.15, 0.2) is 0 Å². The number of hydrogen-bond acceptors (Lipinski definition) is 3. The number of epoxide rings is 1. The summed E-state index contributed by atoms with van der Waals surface area (Å²) < 4.78 is 11.1. The molecule has 1 aliphatic carbocycles. The van der Waals surface area contributed by atoms with Crippen molar-refractivity contribution in [3.63, 3.8) is 0 Å². The second kappa shape index (κ2) is 2.94. The quantitative estimate of drug-likeness (QED) is 0.684. The molecule has 0 aromatic rings. The van der Waals surface area contributed by atoms with Gasteiger partial charge in [-0.15, -0.1) is 0 Å². The minimum absolute atomic E-state index is 0.0729. The van der Waals surface area contributed by atoms with E-state index in [1.54, 1.807) is 7.11 Å². The molecule has 4 unspecified atom stereocenters. The number of fused-ring (bicyclic) bond motifs is 1. The van der Waals surface area contributed by atoms with Crippen LogP contribution in [0.3, 0.4) is 0 Å². The van der Waals surface area contributed by atoms with Crippen LogP contribution in [0.25, 0.3) is 0 Å². The highest BCUT2D eigenvalue weighted by atomic mass is 16.6. The van der Waals surface area contributed by atoms with E-state index in [1.165, 1.54) is 0 Å². The van der Waals surface area contributed by atoms with Gasteiger partial charge < -0.3 is 14.6 Å². The molecule has 2 fully saturated rings. The van der Waals surface area contributed by atoms with E-state index < -0.39 is 5.60 Å². The Balaban J connectivity index is 2.08. The van der Waals surface area contributed by atoms with Gasteiger partial charge in [0.1, 0.15) is 5.60 Å². The van der Waals surface area contributed by atoms with Crippen molar-refractivity contribution >= 4 is 0 Å². The second-order valence-electron chi connectivity index (χ2n) is 5.34. The van der Waals surface area contributed by atoms with Crippen LogP contribution in [-0.4, -0.2) is 35.6 Å². The Morgan fingerprint density at radius 1 is 1.43 bits per heavy atom. The van der Waals surface area contributed by atoms with Gasteiger partial charge in [-0.3, -0.25) is 0 Å². The van der Waals surface area contributed by atoms with Gasteiger partial charge in [0, 0.05) is 7.11 Å². The van der Waals surface area contributed by atoms with Gasteiger partial charge in [0.15, 0.2) is 0 Å². The molecule has 4 atom stereocenters. The minimum Gasteiger partial charge on any atom is -0.390 e. The summed E-state index contributed by atoms with van der Waals surface area (Å²) in [4.78, 5) is 0. The summed E-state index contributed by atoms with van der Waals surface area (Å²) in [7, 11) is 1.72. The maximum atomic E-state index is 9.96. The average molecular weight is 200 g/mol. The smallest absolute Gasteiger partial charge is 0.118 e. The van der Waals surface area contributed by atoms with E-state index in [-0.39, 0.29) is 23.7 Å². The van der Waals surface area contributed by atoms with Crippen LogP contribution in [0.1, 0.15) is 33.6 Å². The third-order valence-corrected chi connectivity index (χ3v) is 3.90. The molecule has 0 bridgehead atoms. The zero-order valence-corrected chi connectivity index (χ0v) is 9.41. The van der Waals surface area contributed by atoms with Crippen molar-refractivity contribution in [3.8, 4) is 0 Å². The summed E-state index contributed by atoms with van der Waals surface area (Å²) >= 11 is 0. The normalized spacial score (nSPS) is 47.4. The van der Waals surface area contributed by atoms with Gasteiger partial charge in [-0.1, -0.05) is 0 Å². The molecule has 3 heteroatoms. The van der Waals surface area contributed by atoms with Gasteiger partial charge in [0.05, 0.1) is 17.8 Å². The van der Waals surface area contributed by atoms with Gasteiger partial charge in [-0.25, -0.2) is 0 Å². The Bertz CT molecular complexity index is 233. The first kappa shape index (κ1) is 10.4. The zero-order valence-electron chi connectivity index (χ0n) is 9.41. The molecule has 0 radical (unpaired) electrons. The summed E-state index contributed by atoms with van der Waals surface area (Å²) in [6.45, 7) is 5.84. The molecule has 0 aromatic heterocycles. The molecular weight excluding hydrogens is 180 g/mol. The highest BCUT2D eigenvalue weighted by molar-refractivity contribution is 5.11. The topological polar surface area (TPSA) is 42.0 Å². The lowest BCUT2D eigenvalue weighted by Crippen LogP contribution is -2.44. The van der Waals surface area contributed by atoms with E-state index in [0.29, 0.717) is 0 Å². The summed E-state index contributed by atoms with van der Waals surface area (Å²) in [5, 5.41) is 9.96. The van der Waals surface area contributed by atoms with Crippen molar-refractivity contribution in [2.24, 2.45) is 5.92 Å². The maximum absolute atomic E-state index is 9.96. The molecule has 82 valence electrons. The average Bonchev–Trinajstić information content (AvgIpc) is 2.72. The van der Waals surface area contributed by atoms with Crippen LogP contribution in [0, 0.1) is 5.92 Å². The fourth-order valence-electron chi connectivity index (χ4n) is 2.59. The Morgan fingerprint density at radius 3 is 2.57 bits per heavy atom. The SMILES string of the molecule is COC1CC(C(C)(C)O)CC2OC12C. The van der Waals surface area contributed by atoms with Crippen LogP contribution >= 0.6 is 0 Å². The standard InChI is InChI=1S/C11H20O3/c1-10(2,12)7-5-8(13-4)11(3)9(6-7)14-11/h7-9,12H,5-6H2,1-4H3. The molecule has 1 aliphatic heterocycles. The number of hydrogen-bond donors (Lipinski definition) is 1. The van der Waals surface area contributed by atoms with Crippen molar-refractivity contribution in [1.82, 2.24) is 0 Å². The largest absolute Gasteiger partial charge is 0.390 e. The fourth-order valence-corrected chi connectivity index (χ4v) is 2.59. The predicted molar refractivity (Wildman–Crippen MR) is 53.1 cm³/mol. The number of aliphatic hydroxyl groups is 1. The highest BCUT2D eigenvalue weighted by Gasteiger charge is 2.62. The summed E-state index contributed by atoms with van der Waals surface area (Å²) in [5.41, 5.74) is -0.694. The molecule has 3 nitrogen and oxygen atoms in total. The van der Waals surface area contributed by atoms with Gasteiger partial charge in [0.25, 0.3) is 0 Å². The van der Waals surface area contributed by atoms with Crippen molar-refractivity contribution in [2.75, 3.05) is 7.11 Å². The molecule has 2 rings (SSSR count). The van der Waals surface area contributed by atoms with Crippen molar-refractivity contribution in [2.45, 2.75) is 57.0 Å². The molecule has 2 aliphatic rings. The lowest BCUT2D eigenvalue weighted by atomic mass is 9.74. The summed E-state index contributed by atoms with van der Waals surface area (Å²) in [6.07, 6.45) is 2.28. The molecule has 1 N–H and O–H groups in total. The zero-order chi connectivity index (χ0) is 10.6. The lowest BCUT2D eigenvalue weighted by molar-refractivity contribution is -0.0447. The minimum atomic E-state index is -0.621.